The highest BCUT2D eigenvalue weighted by atomic mass is 35.5. The average Bonchev–Trinajstić information content (AvgIpc) is 2.60. The zero-order valence-electron chi connectivity index (χ0n) is 13.1. The van der Waals surface area contributed by atoms with E-state index in [1.165, 1.54) is 13.2 Å². The summed E-state index contributed by atoms with van der Waals surface area (Å²) in [5, 5.41) is 9.41. The van der Waals surface area contributed by atoms with Crippen LogP contribution in [0.4, 0.5) is 0 Å². The summed E-state index contributed by atoms with van der Waals surface area (Å²) in [7, 11) is 1.47. The number of hydrogen-bond donors (Lipinski definition) is 1. The van der Waals surface area contributed by atoms with E-state index < -0.39 is 12.6 Å². The molecule has 128 valence electrons. The number of aliphatic carboxylic acids is 1. The largest absolute Gasteiger partial charge is 0.496 e. The molecule has 0 saturated heterocycles. The first-order valence-corrected chi connectivity index (χ1v) is 7.63. The second kappa shape index (κ2) is 6.86. The molecule has 1 heterocycles. The molecule has 6 nitrogen and oxygen atoms in total. The van der Waals surface area contributed by atoms with Gasteiger partial charge in [0.05, 0.1) is 23.1 Å². The fourth-order valence-corrected chi connectivity index (χ4v) is 2.60. The minimum atomic E-state index is -1.10. The van der Waals surface area contributed by atoms with Crippen molar-refractivity contribution in [2.24, 2.45) is 0 Å². The van der Waals surface area contributed by atoms with E-state index in [-0.39, 0.29) is 16.8 Å². The van der Waals surface area contributed by atoms with E-state index in [9.17, 15) is 9.59 Å². The Kier molecular flexibility index (Phi) is 4.63. The summed E-state index contributed by atoms with van der Waals surface area (Å²) in [6.45, 7) is -0.487. The summed E-state index contributed by atoms with van der Waals surface area (Å²) in [4.78, 5) is 23.0. The van der Waals surface area contributed by atoms with Crippen LogP contribution in [0.3, 0.4) is 0 Å². The molecule has 0 saturated carbocycles. The molecule has 0 unspecified atom stereocenters. The summed E-state index contributed by atoms with van der Waals surface area (Å²) >= 11 is 6.12. The Morgan fingerprint density at radius 3 is 2.76 bits per heavy atom. The first kappa shape index (κ1) is 16.9. The number of ether oxygens (including phenoxy) is 2. The number of carboxylic acid groups (broad SMARTS) is 1. The lowest BCUT2D eigenvalue weighted by molar-refractivity contribution is -0.139. The van der Waals surface area contributed by atoms with Gasteiger partial charge in [-0.1, -0.05) is 17.7 Å². The Hall–Kier alpha value is -2.99. The predicted octanol–water partition coefficient (Wildman–Crippen LogP) is 3.59. The van der Waals surface area contributed by atoms with Crippen LogP contribution in [-0.2, 0) is 4.79 Å². The van der Waals surface area contributed by atoms with Crippen molar-refractivity contribution in [3.05, 3.63) is 57.7 Å². The van der Waals surface area contributed by atoms with Crippen molar-refractivity contribution in [2.45, 2.75) is 0 Å². The maximum atomic E-state index is 12.4. The summed E-state index contributed by atoms with van der Waals surface area (Å²) in [5.41, 5.74) is 0.465. The molecule has 0 amide bonds. The SMILES string of the molecule is COc1ccc(OCC(=O)O)cc1-c1cc(=O)c2cccc(Cl)c2o1. The van der Waals surface area contributed by atoms with Gasteiger partial charge in [0.25, 0.3) is 0 Å². The molecule has 1 aromatic heterocycles. The Labute approximate surface area is 147 Å². The van der Waals surface area contributed by atoms with Crippen LogP contribution in [0.1, 0.15) is 0 Å². The topological polar surface area (TPSA) is 86.0 Å². The standard InChI is InChI=1S/C18H13ClO6/c1-23-15-6-5-10(24-9-17(21)22)7-12(15)16-8-14(20)11-3-2-4-13(19)18(11)25-16/h2-8H,9H2,1H3,(H,21,22). The van der Waals surface area contributed by atoms with Gasteiger partial charge in [0.1, 0.15) is 17.3 Å². The Bertz CT molecular complexity index is 1010. The third-order valence-electron chi connectivity index (χ3n) is 3.51. The van der Waals surface area contributed by atoms with Crippen molar-refractivity contribution >= 4 is 28.5 Å². The van der Waals surface area contributed by atoms with Crippen LogP contribution in [0.2, 0.25) is 5.02 Å². The number of methoxy groups -OCH3 is 1. The number of hydrogen-bond acceptors (Lipinski definition) is 5. The molecule has 0 atom stereocenters. The van der Waals surface area contributed by atoms with Gasteiger partial charge in [0.15, 0.2) is 17.6 Å². The molecule has 0 radical (unpaired) electrons. The van der Waals surface area contributed by atoms with Crippen LogP contribution in [0.15, 0.2) is 51.7 Å². The number of fused-ring (bicyclic) bond motifs is 1. The second-order valence-electron chi connectivity index (χ2n) is 5.14. The fraction of sp³-hybridized carbons (Fsp3) is 0.111. The van der Waals surface area contributed by atoms with Crippen molar-refractivity contribution in [3.63, 3.8) is 0 Å². The first-order chi connectivity index (χ1) is 12.0. The average molecular weight is 361 g/mol. The van der Waals surface area contributed by atoms with Crippen molar-refractivity contribution in [1.29, 1.82) is 0 Å². The van der Waals surface area contributed by atoms with E-state index in [1.54, 1.807) is 36.4 Å². The fourth-order valence-electron chi connectivity index (χ4n) is 2.39. The highest BCUT2D eigenvalue weighted by Crippen LogP contribution is 2.35. The Morgan fingerprint density at radius 2 is 2.04 bits per heavy atom. The van der Waals surface area contributed by atoms with Crippen LogP contribution >= 0.6 is 11.6 Å². The van der Waals surface area contributed by atoms with Gasteiger partial charge in [-0.3, -0.25) is 4.79 Å². The minimum Gasteiger partial charge on any atom is -0.496 e. The summed E-state index contributed by atoms with van der Waals surface area (Å²) in [6, 6.07) is 11.0. The maximum Gasteiger partial charge on any atom is 0.341 e. The van der Waals surface area contributed by atoms with E-state index in [0.29, 0.717) is 27.5 Å². The molecule has 3 aromatic rings. The van der Waals surface area contributed by atoms with E-state index in [0.717, 1.165) is 0 Å². The molecular weight excluding hydrogens is 348 g/mol. The lowest BCUT2D eigenvalue weighted by Gasteiger charge is -2.11. The molecule has 0 aliphatic heterocycles. The Morgan fingerprint density at radius 1 is 1.24 bits per heavy atom. The molecular formula is C18H13ClO6. The van der Waals surface area contributed by atoms with Gasteiger partial charge in [0.2, 0.25) is 0 Å². The second-order valence-corrected chi connectivity index (χ2v) is 5.54. The molecule has 0 fully saturated rings. The van der Waals surface area contributed by atoms with Crippen LogP contribution in [0.5, 0.6) is 11.5 Å². The zero-order valence-corrected chi connectivity index (χ0v) is 13.9. The lowest BCUT2D eigenvalue weighted by atomic mass is 10.1. The molecule has 25 heavy (non-hydrogen) atoms. The van der Waals surface area contributed by atoms with Gasteiger partial charge in [-0.25, -0.2) is 4.79 Å². The number of rotatable bonds is 5. The quantitative estimate of drug-likeness (QED) is 0.748. The summed E-state index contributed by atoms with van der Waals surface area (Å²) < 4.78 is 16.3. The normalized spacial score (nSPS) is 10.6. The van der Waals surface area contributed by atoms with Gasteiger partial charge < -0.3 is 19.0 Å². The van der Waals surface area contributed by atoms with Gasteiger partial charge >= 0.3 is 5.97 Å². The lowest BCUT2D eigenvalue weighted by Crippen LogP contribution is -2.09. The first-order valence-electron chi connectivity index (χ1n) is 7.25. The molecule has 0 aliphatic rings. The summed E-state index contributed by atoms with van der Waals surface area (Å²) in [6.07, 6.45) is 0. The molecule has 1 N–H and O–H groups in total. The van der Waals surface area contributed by atoms with E-state index in [1.807, 2.05) is 0 Å². The van der Waals surface area contributed by atoms with Gasteiger partial charge in [-0.05, 0) is 30.3 Å². The monoisotopic (exact) mass is 360 g/mol. The number of para-hydroxylation sites is 1. The van der Waals surface area contributed by atoms with Gasteiger partial charge in [-0.15, -0.1) is 0 Å². The number of halogens is 1. The van der Waals surface area contributed by atoms with Crippen molar-refractivity contribution in [3.8, 4) is 22.8 Å². The molecule has 0 aliphatic carbocycles. The Balaban J connectivity index is 2.16. The molecule has 0 bridgehead atoms. The third-order valence-corrected chi connectivity index (χ3v) is 3.80. The number of benzene rings is 2. The predicted molar refractivity (Wildman–Crippen MR) is 92.6 cm³/mol. The van der Waals surface area contributed by atoms with Crippen LogP contribution in [0, 0.1) is 0 Å². The molecule has 7 heteroatoms. The van der Waals surface area contributed by atoms with Gasteiger partial charge in [-0.2, -0.15) is 0 Å². The van der Waals surface area contributed by atoms with Gasteiger partial charge in [0, 0.05) is 6.07 Å². The number of carbonyl (C=O) groups is 1. The summed E-state index contributed by atoms with van der Waals surface area (Å²) in [5.74, 6) is -0.109. The van der Waals surface area contributed by atoms with E-state index in [2.05, 4.69) is 0 Å². The number of carboxylic acids is 1. The third kappa shape index (κ3) is 3.44. The van der Waals surface area contributed by atoms with Crippen LogP contribution in [-0.4, -0.2) is 24.8 Å². The zero-order chi connectivity index (χ0) is 18.0. The minimum absolute atomic E-state index is 0.239. The highest BCUT2D eigenvalue weighted by Gasteiger charge is 2.14. The van der Waals surface area contributed by atoms with Crippen LogP contribution in [0.25, 0.3) is 22.3 Å². The van der Waals surface area contributed by atoms with E-state index >= 15 is 0 Å². The van der Waals surface area contributed by atoms with Crippen molar-refractivity contribution in [1.82, 2.24) is 0 Å². The van der Waals surface area contributed by atoms with Crippen molar-refractivity contribution < 1.29 is 23.8 Å². The van der Waals surface area contributed by atoms with Crippen LogP contribution < -0.4 is 14.9 Å². The maximum absolute atomic E-state index is 12.4. The van der Waals surface area contributed by atoms with E-state index in [4.69, 9.17) is 30.6 Å². The molecule has 0 spiro atoms. The van der Waals surface area contributed by atoms with Crippen molar-refractivity contribution in [2.75, 3.05) is 13.7 Å². The molecule has 2 aromatic carbocycles. The highest BCUT2D eigenvalue weighted by molar-refractivity contribution is 6.34. The smallest absolute Gasteiger partial charge is 0.341 e. The molecule has 3 rings (SSSR count).